The second-order valence-electron chi connectivity index (χ2n) is 8.78. The summed E-state index contributed by atoms with van der Waals surface area (Å²) in [5, 5.41) is 3.39. The number of nitrogens with zero attached hydrogens (tertiary/aromatic N) is 2. The molecule has 0 aliphatic rings. The summed E-state index contributed by atoms with van der Waals surface area (Å²) < 4.78 is 26.5. The van der Waals surface area contributed by atoms with Crippen LogP contribution >= 0.6 is 11.6 Å². The summed E-state index contributed by atoms with van der Waals surface area (Å²) >= 11 is 6.05. The van der Waals surface area contributed by atoms with Crippen molar-refractivity contribution < 1.29 is 18.0 Å². The number of anilines is 1. The number of aryl methyl sites for hydroxylation is 2. The van der Waals surface area contributed by atoms with Crippen LogP contribution in [0.25, 0.3) is 0 Å². The van der Waals surface area contributed by atoms with E-state index in [1.54, 1.807) is 25.1 Å². The zero-order valence-corrected chi connectivity index (χ0v) is 22.7. The molecule has 0 heterocycles. The molecule has 1 N–H and O–H groups in total. The maximum Gasteiger partial charge on any atom is 0.244 e. The molecule has 0 unspecified atom stereocenters. The van der Waals surface area contributed by atoms with Gasteiger partial charge in [-0.05, 0) is 56.0 Å². The summed E-state index contributed by atoms with van der Waals surface area (Å²) in [5.41, 5.74) is 2.91. The minimum atomic E-state index is -3.79. The van der Waals surface area contributed by atoms with Crippen molar-refractivity contribution in [2.75, 3.05) is 23.7 Å². The zero-order valence-electron chi connectivity index (χ0n) is 21.2. The number of sulfonamides is 1. The Bertz CT molecular complexity index is 1140. The van der Waals surface area contributed by atoms with Crippen LogP contribution in [0.4, 0.5) is 5.69 Å². The summed E-state index contributed by atoms with van der Waals surface area (Å²) in [6, 6.07) is 11.8. The SMILES string of the molecule is CCCCNC(=O)[C@H](CC)N(Cc1cccc(C)c1)C(=O)CN(c1ccc(Cl)cc1C)S(C)(=O)=O. The highest BCUT2D eigenvalue weighted by Crippen LogP contribution is 2.26. The van der Waals surface area contributed by atoms with E-state index in [2.05, 4.69) is 5.32 Å². The summed E-state index contributed by atoms with van der Waals surface area (Å²) in [4.78, 5) is 28.2. The summed E-state index contributed by atoms with van der Waals surface area (Å²) in [6.07, 6.45) is 3.24. The highest BCUT2D eigenvalue weighted by atomic mass is 35.5. The third-order valence-corrected chi connectivity index (χ3v) is 7.12. The minimum Gasteiger partial charge on any atom is -0.354 e. The number of carbonyl (C=O) groups is 2. The van der Waals surface area contributed by atoms with Gasteiger partial charge in [0, 0.05) is 18.1 Å². The van der Waals surface area contributed by atoms with Crippen LogP contribution in [0.5, 0.6) is 0 Å². The van der Waals surface area contributed by atoms with Crippen LogP contribution in [0.15, 0.2) is 42.5 Å². The first-order chi connectivity index (χ1) is 16.5. The van der Waals surface area contributed by atoms with Gasteiger partial charge in [0.15, 0.2) is 0 Å². The van der Waals surface area contributed by atoms with Crippen molar-refractivity contribution in [1.82, 2.24) is 10.2 Å². The lowest BCUT2D eigenvalue weighted by molar-refractivity contribution is -0.140. The monoisotopic (exact) mass is 521 g/mol. The molecule has 0 radical (unpaired) electrons. The lowest BCUT2D eigenvalue weighted by atomic mass is 10.1. The molecule has 2 amide bonds. The standard InChI is InChI=1S/C26H36ClN3O4S/c1-6-8-14-28-26(32)23(7-2)29(17-21-11-9-10-19(3)15-21)25(31)18-30(35(5,33)34)24-13-12-22(27)16-20(24)4/h9-13,15-16,23H,6-8,14,17-18H2,1-5H3,(H,28,32)/t23-/m0/s1. The van der Waals surface area contributed by atoms with Gasteiger partial charge in [0.05, 0.1) is 11.9 Å². The number of benzene rings is 2. The van der Waals surface area contributed by atoms with E-state index in [-0.39, 0.29) is 12.5 Å². The highest BCUT2D eigenvalue weighted by molar-refractivity contribution is 7.92. The molecule has 0 aliphatic carbocycles. The Labute approximate surface area is 214 Å². The quantitative estimate of drug-likeness (QED) is 0.418. The van der Waals surface area contributed by atoms with Crippen molar-refractivity contribution in [1.29, 1.82) is 0 Å². The van der Waals surface area contributed by atoms with Gasteiger partial charge < -0.3 is 10.2 Å². The maximum absolute atomic E-state index is 13.7. The molecule has 0 aromatic heterocycles. The largest absolute Gasteiger partial charge is 0.354 e. The Kier molecular flexibility index (Phi) is 10.6. The third kappa shape index (κ3) is 8.25. The molecule has 35 heavy (non-hydrogen) atoms. The zero-order chi connectivity index (χ0) is 26.2. The van der Waals surface area contributed by atoms with Crippen molar-refractivity contribution in [2.45, 2.75) is 59.5 Å². The van der Waals surface area contributed by atoms with Crippen molar-refractivity contribution >= 4 is 39.1 Å². The number of amides is 2. The lowest BCUT2D eigenvalue weighted by Gasteiger charge is -2.33. The van der Waals surface area contributed by atoms with Crippen LogP contribution in [-0.2, 0) is 26.2 Å². The summed E-state index contributed by atoms with van der Waals surface area (Å²) in [5.74, 6) is -0.695. The summed E-state index contributed by atoms with van der Waals surface area (Å²) in [7, 11) is -3.79. The normalized spacial score (nSPS) is 12.2. The Morgan fingerprint density at radius 3 is 2.37 bits per heavy atom. The number of halogens is 1. The Morgan fingerprint density at radius 2 is 1.80 bits per heavy atom. The van der Waals surface area contributed by atoms with E-state index in [1.165, 1.54) is 4.90 Å². The fourth-order valence-corrected chi connectivity index (χ4v) is 5.06. The van der Waals surface area contributed by atoms with Gasteiger partial charge in [-0.3, -0.25) is 13.9 Å². The van der Waals surface area contributed by atoms with Gasteiger partial charge in [0.1, 0.15) is 12.6 Å². The molecule has 1 atom stereocenters. The van der Waals surface area contributed by atoms with Crippen LogP contribution in [-0.4, -0.2) is 50.5 Å². The molecule has 192 valence electrons. The van der Waals surface area contributed by atoms with E-state index in [1.807, 2.05) is 45.0 Å². The van der Waals surface area contributed by atoms with E-state index in [9.17, 15) is 18.0 Å². The first kappa shape index (κ1) is 28.7. The first-order valence-electron chi connectivity index (χ1n) is 11.8. The first-order valence-corrected chi connectivity index (χ1v) is 14.1. The van der Waals surface area contributed by atoms with Crippen LogP contribution in [0.3, 0.4) is 0 Å². The number of hydrogen-bond donors (Lipinski definition) is 1. The van der Waals surface area contributed by atoms with Gasteiger partial charge in [-0.25, -0.2) is 8.42 Å². The number of carbonyl (C=O) groups excluding carboxylic acids is 2. The molecule has 0 spiro atoms. The van der Waals surface area contributed by atoms with Gasteiger partial charge in [0.2, 0.25) is 21.8 Å². The molecule has 0 aliphatic heterocycles. The average molecular weight is 522 g/mol. The third-order valence-electron chi connectivity index (χ3n) is 5.76. The van der Waals surface area contributed by atoms with E-state index >= 15 is 0 Å². The number of unbranched alkanes of at least 4 members (excludes halogenated alkanes) is 1. The van der Waals surface area contributed by atoms with Gasteiger partial charge in [-0.1, -0.05) is 61.7 Å². The Morgan fingerprint density at radius 1 is 1.09 bits per heavy atom. The van der Waals surface area contributed by atoms with Crippen molar-refractivity contribution in [2.24, 2.45) is 0 Å². The van der Waals surface area contributed by atoms with Gasteiger partial charge in [0.25, 0.3) is 0 Å². The second kappa shape index (κ2) is 12.9. The minimum absolute atomic E-state index is 0.192. The number of nitrogens with one attached hydrogen (secondary N) is 1. The van der Waals surface area contributed by atoms with Crippen LogP contribution in [0, 0.1) is 13.8 Å². The Hall–Kier alpha value is -2.58. The predicted octanol–water partition coefficient (Wildman–Crippen LogP) is 4.45. The topological polar surface area (TPSA) is 86.8 Å². The molecule has 0 bridgehead atoms. The van der Waals surface area contributed by atoms with Crippen LogP contribution in [0.1, 0.15) is 49.8 Å². The smallest absolute Gasteiger partial charge is 0.244 e. The van der Waals surface area contributed by atoms with Gasteiger partial charge >= 0.3 is 0 Å². The van der Waals surface area contributed by atoms with Crippen molar-refractivity contribution in [3.63, 3.8) is 0 Å². The van der Waals surface area contributed by atoms with E-state index in [4.69, 9.17) is 11.6 Å². The summed E-state index contributed by atoms with van der Waals surface area (Å²) in [6.45, 7) is 7.87. The molecule has 2 rings (SSSR count). The van der Waals surface area contributed by atoms with Gasteiger partial charge in [-0.2, -0.15) is 0 Å². The maximum atomic E-state index is 13.7. The number of hydrogen-bond acceptors (Lipinski definition) is 4. The van der Waals surface area contributed by atoms with Crippen LogP contribution < -0.4 is 9.62 Å². The fraction of sp³-hybridized carbons (Fsp3) is 0.462. The Balaban J connectivity index is 2.43. The van der Waals surface area contributed by atoms with E-state index < -0.39 is 28.5 Å². The predicted molar refractivity (Wildman–Crippen MR) is 142 cm³/mol. The molecule has 2 aromatic rings. The molecule has 2 aromatic carbocycles. The fourth-order valence-electron chi connectivity index (χ4n) is 3.93. The molecule has 7 nitrogen and oxygen atoms in total. The van der Waals surface area contributed by atoms with Gasteiger partial charge in [-0.15, -0.1) is 0 Å². The molecular formula is C26H36ClN3O4S. The molecule has 0 saturated heterocycles. The van der Waals surface area contributed by atoms with Crippen molar-refractivity contribution in [3.05, 3.63) is 64.2 Å². The molecular weight excluding hydrogens is 486 g/mol. The highest BCUT2D eigenvalue weighted by Gasteiger charge is 2.32. The molecule has 0 saturated carbocycles. The lowest BCUT2D eigenvalue weighted by Crippen LogP contribution is -2.52. The number of rotatable bonds is 12. The van der Waals surface area contributed by atoms with E-state index in [0.29, 0.717) is 29.2 Å². The average Bonchev–Trinajstić information content (AvgIpc) is 2.77. The van der Waals surface area contributed by atoms with E-state index in [0.717, 1.165) is 34.5 Å². The second-order valence-corrected chi connectivity index (χ2v) is 11.1. The molecule has 9 heteroatoms. The van der Waals surface area contributed by atoms with Crippen LogP contribution in [0.2, 0.25) is 5.02 Å². The molecule has 0 fully saturated rings. The van der Waals surface area contributed by atoms with Crippen molar-refractivity contribution in [3.8, 4) is 0 Å².